The Morgan fingerprint density at radius 1 is 1.53 bits per heavy atom. The summed E-state index contributed by atoms with van der Waals surface area (Å²) in [4.78, 5) is 18.0. The van der Waals surface area contributed by atoms with Crippen LogP contribution < -0.4 is 4.74 Å². The zero-order valence-electron chi connectivity index (χ0n) is 11.2. The lowest BCUT2D eigenvalue weighted by Crippen LogP contribution is -2.54. The van der Waals surface area contributed by atoms with E-state index in [1.807, 2.05) is 19.9 Å². The molecule has 0 aromatic carbocycles. The first-order valence-corrected chi connectivity index (χ1v) is 6.62. The first-order chi connectivity index (χ1) is 9.00. The molecule has 1 aromatic rings. The van der Waals surface area contributed by atoms with Crippen LogP contribution in [0.4, 0.5) is 0 Å². The van der Waals surface area contributed by atoms with Gasteiger partial charge in [-0.25, -0.2) is 4.98 Å². The number of carbonyl (C=O) groups is 1. The van der Waals surface area contributed by atoms with E-state index in [-0.39, 0.29) is 11.9 Å². The molecule has 2 aliphatic rings. The summed E-state index contributed by atoms with van der Waals surface area (Å²) in [5, 5.41) is 10.6. The number of carbonyl (C=O) groups excluding carboxylic acids is 1. The van der Waals surface area contributed by atoms with Gasteiger partial charge in [0.05, 0.1) is 6.04 Å². The second-order valence-corrected chi connectivity index (χ2v) is 5.68. The summed E-state index contributed by atoms with van der Waals surface area (Å²) in [6.07, 6.45) is 2.31. The molecule has 0 bridgehead atoms. The number of hydrogen-bond donors (Lipinski definition) is 1. The average molecular weight is 262 g/mol. The average Bonchev–Trinajstić information content (AvgIpc) is 2.77. The minimum Gasteiger partial charge on any atom is -0.469 e. The van der Waals surface area contributed by atoms with E-state index in [9.17, 15) is 9.90 Å². The number of rotatable bonds is 1. The van der Waals surface area contributed by atoms with Crippen molar-refractivity contribution in [3.05, 3.63) is 23.9 Å². The fourth-order valence-corrected chi connectivity index (χ4v) is 2.87. The maximum Gasteiger partial charge on any atom is 0.223 e. The van der Waals surface area contributed by atoms with Crippen LogP contribution in [0.15, 0.2) is 18.3 Å². The largest absolute Gasteiger partial charge is 0.469 e. The highest BCUT2D eigenvalue weighted by molar-refractivity contribution is 5.79. The highest BCUT2D eigenvalue weighted by Crippen LogP contribution is 2.42. The van der Waals surface area contributed by atoms with Crippen LogP contribution in [0.5, 0.6) is 5.88 Å². The lowest BCUT2D eigenvalue weighted by atomic mass is 9.87. The maximum atomic E-state index is 12.0. The van der Waals surface area contributed by atoms with Gasteiger partial charge >= 0.3 is 0 Å². The van der Waals surface area contributed by atoms with Crippen LogP contribution in [0.2, 0.25) is 0 Å². The summed E-state index contributed by atoms with van der Waals surface area (Å²) < 4.78 is 5.76. The maximum absolute atomic E-state index is 12.0. The summed E-state index contributed by atoms with van der Waals surface area (Å²) in [6.45, 7) is 4.33. The van der Waals surface area contributed by atoms with Crippen LogP contribution in [-0.4, -0.2) is 39.1 Å². The predicted molar refractivity (Wildman–Crippen MR) is 68.6 cm³/mol. The molecule has 0 aliphatic carbocycles. The molecular weight excluding hydrogens is 244 g/mol. The molecule has 1 amide bonds. The fourth-order valence-electron chi connectivity index (χ4n) is 2.87. The van der Waals surface area contributed by atoms with Gasteiger partial charge in [-0.2, -0.15) is 0 Å². The van der Waals surface area contributed by atoms with Crippen LogP contribution in [0.3, 0.4) is 0 Å². The number of aromatic nitrogens is 1. The Morgan fingerprint density at radius 2 is 2.32 bits per heavy atom. The van der Waals surface area contributed by atoms with Gasteiger partial charge in [0.15, 0.2) is 0 Å². The van der Waals surface area contributed by atoms with Gasteiger partial charge in [0.2, 0.25) is 11.8 Å². The molecule has 2 atom stereocenters. The Hall–Kier alpha value is -1.62. The van der Waals surface area contributed by atoms with Crippen molar-refractivity contribution in [3.63, 3.8) is 0 Å². The SMILES string of the molecule is CC1(C)Oc2ncccc2[C@@H](N2CCCC2=O)[C@@H]1O. The first-order valence-electron chi connectivity index (χ1n) is 6.62. The second kappa shape index (κ2) is 4.20. The molecule has 3 rings (SSSR count). The quantitative estimate of drug-likeness (QED) is 0.828. The topological polar surface area (TPSA) is 62.7 Å². The molecular formula is C14H18N2O3. The Morgan fingerprint density at radius 3 is 3.00 bits per heavy atom. The van der Waals surface area contributed by atoms with Crippen molar-refractivity contribution in [2.45, 2.75) is 44.4 Å². The van der Waals surface area contributed by atoms with Crippen LogP contribution in [-0.2, 0) is 4.79 Å². The molecule has 2 aliphatic heterocycles. The fraction of sp³-hybridized carbons (Fsp3) is 0.571. The summed E-state index contributed by atoms with van der Waals surface area (Å²) in [5.41, 5.74) is 0.0408. The molecule has 19 heavy (non-hydrogen) atoms. The Balaban J connectivity index is 2.08. The van der Waals surface area contributed by atoms with Crippen molar-refractivity contribution < 1.29 is 14.6 Å². The van der Waals surface area contributed by atoms with Crippen molar-refractivity contribution in [3.8, 4) is 5.88 Å². The standard InChI is InChI=1S/C14H18N2O3/c1-14(2)12(18)11(16-8-4-6-10(16)17)9-5-3-7-15-13(9)19-14/h3,5,7,11-12,18H,4,6,8H2,1-2H3/t11-,12+/m1/s1. The number of hydrogen-bond acceptors (Lipinski definition) is 4. The van der Waals surface area contributed by atoms with E-state index in [1.54, 1.807) is 17.2 Å². The summed E-state index contributed by atoms with van der Waals surface area (Å²) in [6, 6.07) is 3.32. The minimum absolute atomic E-state index is 0.0940. The van der Waals surface area contributed by atoms with E-state index in [2.05, 4.69) is 4.98 Å². The van der Waals surface area contributed by atoms with Gasteiger partial charge in [0.25, 0.3) is 0 Å². The molecule has 1 aromatic heterocycles. The number of ether oxygens (including phenoxy) is 1. The highest BCUT2D eigenvalue weighted by atomic mass is 16.5. The number of pyridine rings is 1. The molecule has 0 unspecified atom stereocenters. The van der Waals surface area contributed by atoms with E-state index < -0.39 is 11.7 Å². The molecule has 102 valence electrons. The lowest BCUT2D eigenvalue weighted by molar-refractivity contribution is -0.140. The van der Waals surface area contributed by atoms with Gasteiger partial charge in [-0.15, -0.1) is 0 Å². The van der Waals surface area contributed by atoms with Crippen LogP contribution >= 0.6 is 0 Å². The zero-order valence-corrected chi connectivity index (χ0v) is 11.2. The van der Waals surface area contributed by atoms with Gasteiger partial charge in [-0.3, -0.25) is 4.79 Å². The molecule has 0 spiro atoms. The molecule has 1 saturated heterocycles. The monoisotopic (exact) mass is 262 g/mol. The molecule has 1 N–H and O–H groups in total. The molecule has 0 radical (unpaired) electrons. The first kappa shape index (κ1) is 12.4. The van der Waals surface area contributed by atoms with E-state index in [4.69, 9.17) is 4.74 Å². The summed E-state index contributed by atoms with van der Waals surface area (Å²) in [5.74, 6) is 0.610. The number of amides is 1. The second-order valence-electron chi connectivity index (χ2n) is 5.68. The van der Waals surface area contributed by atoms with Gasteiger partial charge in [-0.05, 0) is 32.4 Å². The number of fused-ring (bicyclic) bond motifs is 1. The van der Waals surface area contributed by atoms with Gasteiger partial charge in [0, 0.05) is 24.7 Å². The van der Waals surface area contributed by atoms with E-state index in [0.717, 1.165) is 12.0 Å². The Kier molecular flexibility index (Phi) is 2.74. The smallest absolute Gasteiger partial charge is 0.223 e. The van der Waals surface area contributed by atoms with E-state index >= 15 is 0 Å². The lowest BCUT2D eigenvalue weighted by Gasteiger charge is -2.44. The van der Waals surface area contributed by atoms with Crippen molar-refractivity contribution in [1.82, 2.24) is 9.88 Å². The third-order valence-corrected chi connectivity index (χ3v) is 3.94. The zero-order chi connectivity index (χ0) is 13.6. The number of aliphatic hydroxyl groups excluding tert-OH is 1. The number of nitrogens with zero attached hydrogens (tertiary/aromatic N) is 2. The van der Waals surface area contributed by atoms with Crippen molar-refractivity contribution in [2.75, 3.05) is 6.54 Å². The summed E-state index contributed by atoms with van der Waals surface area (Å²) >= 11 is 0. The molecule has 5 heteroatoms. The van der Waals surface area contributed by atoms with Crippen molar-refractivity contribution >= 4 is 5.91 Å². The summed E-state index contributed by atoms with van der Waals surface area (Å²) in [7, 11) is 0. The van der Waals surface area contributed by atoms with E-state index in [1.165, 1.54) is 0 Å². The van der Waals surface area contributed by atoms with Gasteiger partial charge in [0.1, 0.15) is 11.7 Å². The van der Waals surface area contributed by atoms with Gasteiger partial charge < -0.3 is 14.7 Å². The Bertz CT molecular complexity index is 515. The number of aliphatic hydroxyl groups is 1. The highest BCUT2D eigenvalue weighted by Gasteiger charge is 2.47. The minimum atomic E-state index is -0.758. The van der Waals surface area contributed by atoms with E-state index in [0.29, 0.717) is 18.8 Å². The molecule has 5 nitrogen and oxygen atoms in total. The van der Waals surface area contributed by atoms with Crippen LogP contribution in [0.1, 0.15) is 38.3 Å². The molecule has 0 saturated carbocycles. The van der Waals surface area contributed by atoms with Crippen LogP contribution in [0, 0.1) is 0 Å². The molecule has 3 heterocycles. The predicted octanol–water partition coefficient (Wildman–Crippen LogP) is 1.28. The van der Waals surface area contributed by atoms with Crippen LogP contribution in [0.25, 0.3) is 0 Å². The number of likely N-dealkylation sites (tertiary alicyclic amines) is 1. The molecule has 1 fully saturated rings. The Labute approximate surface area is 112 Å². The third kappa shape index (κ3) is 1.89. The van der Waals surface area contributed by atoms with Crippen molar-refractivity contribution in [1.29, 1.82) is 0 Å². The normalized spacial score (nSPS) is 29.0. The van der Waals surface area contributed by atoms with Gasteiger partial charge in [-0.1, -0.05) is 0 Å². The third-order valence-electron chi connectivity index (χ3n) is 3.94. The van der Waals surface area contributed by atoms with Crippen molar-refractivity contribution in [2.24, 2.45) is 0 Å².